The molecular weight excluding hydrogens is 985 g/mol. The Morgan fingerprint density at radius 2 is 0.487 bits per heavy atom. The molecule has 80 heavy (non-hydrogen) atoms. The second-order valence-corrected chi connectivity index (χ2v) is 22.7. The van der Waals surface area contributed by atoms with Crippen LogP contribution < -0.4 is 0 Å². The molecule has 0 bridgehead atoms. The van der Waals surface area contributed by atoms with Gasteiger partial charge in [-0.3, -0.25) is 14.4 Å². The SMILES string of the molecule is CC/C=C\C/C=C\C/C=C\C/C=C\C/C=C\CCCCCCCCCCCC(=O)OCC(COC(=O)CCCCCCCCC/C=C\C/C=C\C/C=C\CC)OC(=O)CCCCCCCCCCCCCCCCCCCCCC. The van der Waals surface area contributed by atoms with Crippen LogP contribution in [0.4, 0.5) is 0 Å². The summed E-state index contributed by atoms with van der Waals surface area (Å²) in [6, 6.07) is 0. The summed E-state index contributed by atoms with van der Waals surface area (Å²) in [5.41, 5.74) is 0. The van der Waals surface area contributed by atoms with Crippen molar-refractivity contribution < 1.29 is 28.6 Å². The van der Waals surface area contributed by atoms with E-state index in [4.69, 9.17) is 14.2 Å². The van der Waals surface area contributed by atoms with E-state index in [-0.39, 0.29) is 31.1 Å². The molecule has 0 aromatic rings. The van der Waals surface area contributed by atoms with Crippen LogP contribution in [0.5, 0.6) is 0 Å². The number of ether oxygens (including phenoxy) is 3. The van der Waals surface area contributed by atoms with Crippen molar-refractivity contribution in [3.8, 4) is 0 Å². The second-order valence-electron chi connectivity index (χ2n) is 22.7. The van der Waals surface area contributed by atoms with Gasteiger partial charge in [-0.05, 0) is 96.3 Å². The zero-order chi connectivity index (χ0) is 57.8. The molecule has 0 aliphatic carbocycles. The van der Waals surface area contributed by atoms with Crippen LogP contribution in [-0.4, -0.2) is 37.2 Å². The van der Waals surface area contributed by atoms with E-state index < -0.39 is 6.10 Å². The molecular formula is C74H128O6. The molecule has 0 spiro atoms. The first-order valence-corrected chi connectivity index (χ1v) is 34.2. The summed E-state index contributed by atoms with van der Waals surface area (Å²) in [4.78, 5) is 38.5. The van der Waals surface area contributed by atoms with Gasteiger partial charge in [0.05, 0.1) is 0 Å². The summed E-state index contributed by atoms with van der Waals surface area (Å²) < 4.78 is 17.0. The molecule has 6 heteroatoms. The lowest BCUT2D eigenvalue weighted by atomic mass is 10.0. The molecule has 1 atom stereocenters. The summed E-state index contributed by atoms with van der Waals surface area (Å²) in [5.74, 6) is -0.879. The summed E-state index contributed by atoms with van der Waals surface area (Å²) >= 11 is 0. The lowest BCUT2D eigenvalue weighted by Crippen LogP contribution is -2.30. The Hall–Kier alpha value is -3.67. The largest absolute Gasteiger partial charge is 0.462 e. The molecule has 1 unspecified atom stereocenters. The normalized spacial score (nSPS) is 12.7. The molecule has 0 amide bonds. The van der Waals surface area contributed by atoms with Crippen LogP contribution in [-0.2, 0) is 28.6 Å². The number of carbonyl (C=O) groups is 3. The fraction of sp³-hybridized carbons (Fsp3) is 0.743. The molecule has 0 rings (SSSR count). The average Bonchev–Trinajstić information content (AvgIpc) is 3.46. The first-order valence-electron chi connectivity index (χ1n) is 34.2. The maximum Gasteiger partial charge on any atom is 0.306 e. The molecule has 0 aromatic carbocycles. The topological polar surface area (TPSA) is 78.9 Å². The highest BCUT2D eigenvalue weighted by atomic mass is 16.6. The van der Waals surface area contributed by atoms with Crippen LogP contribution in [0.25, 0.3) is 0 Å². The molecule has 0 saturated carbocycles. The van der Waals surface area contributed by atoms with Gasteiger partial charge < -0.3 is 14.2 Å². The number of hydrogen-bond acceptors (Lipinski definition) is 6. The van der Waals surface area contributed by atoms with Crippen molar-refractivity contribution in [3.05, 3.63) is 97.2 Å². The Morgan fingerprint density at radius 3 is 0.762 bits per heavy atom. The lowest BCUT2D eigenvalue weighted by Gasteiger charge is -2.18. The zero-order valence-corrected chi connectivity index (χ0v) is 52.8. The third kappa shape index (κ3) is 65.1. The number of allylic oxidation sites excluding steroid dienone is 16. The van der Waals surface area contributed by atoms with Gasteiger partial charge in [-0.1, -0.05) is 317 Å². The smallest absolute Gasteiger partial charge is 0.306 e. The number of unbranched alkanes of at least 4 members (excludes halogenated alkanes) is 35. The average molecular weight is 1110 g/mol. The third-order valence-corrected chi connectivity index (χ3v) is 14.8. The summed E-state index contributed by atoms with van der Waals surface area (Å²) in [5, 5.41) is 0. The van der Waals surface area contributed by atoms with Crippen molar-refractivity contribution >= 4 is 17.9 Å². The van der Waals surface area contributed by atoms with Crippen LogP contribution in [0.3, 0.4) is 0 Å². The first-order chi connectivity index (χ1) is 39.5. The maximum atomic E-state index is 13.0. The monoisotopic (exact) mass is 1110 g/mol. The van der Waals surface area contributed by atoms with E-state index in [9.17, 15) is 14.4 Å². The molecule has 460 valence electrons. The predicted molar refractivity (Wildman–Crippen MR) is 348 cm³/mol. The van der Waals surface area contributed by atoms with E-state index >= 15 is 0 Å². The zero-order valence-electron chi connectivity index (χ0n) is 52.8. The fourth-order valence-electron chi connectivity index (χ4n) is 9.78. The standard InChI is InChI=1S/C74H128O6/c1-4-7-10-13-16-19-22-25-28-31-33-35-36-37-38-39-41-43-46-49-52-55-58-61-64-67-73(76)79-70-71(69-78-72(75)66-63-60-57-54-51-48-45-42-30-27-24-21-18-15-12-9-6-3)80-74(77)68-65-62-59-56-53-50-47-44-40-34-32-29-26-23-20-17-14-11-8-5-2/h7,9-10,12,16,18-19,21,25,27-28,30,33,35,37-38,71H,4-6,8,11,13-15,17,20,22-24,26,29,31-32,34,36,39-70H2,1-3H3/b10-7-,12-9-,19-16-,21-18-,28-25-,30-27-,35-33-,38-37-. The van der Waals surface area contributed by atoms with Gasteiger partial charge in [0, 0.05) is 19.3 Å². The first kappa shape index (κ1) is 76.3. The number of esters is 3. The number of carbonyl (C=O) groups excluding carboxylic acids is 3. The molecule has 0 heterocycles. The van der Waals surface area contributed by atoms with Crippen LogP contribution in [0.2, 0.25) is 0 Å². The van der Waals surface area contributed by atoms with Gasteiger partial charge in [-0.25, -0.2) is 0 Å². The Bertz CT molecular complexity index is 1560. The molecule has 0 fully saturated rings. The molecule has 0 aliphatic heterocycles. The van der Waals surface area contributed by atoms with Crippen molar-refractivity contribution in [3.63, 3.8) is 0 Å². The highest BCUT2D eigenvalue weighted by Gasteiger charge is 2.19. The molecule has 6 nitrogen and oxygen atoms in total. The van der Waals surface area contributed by atoms with Gasteiger partial charge in [-0.2, -0.15) is 0 Å². The van der Waals surface area contributed by atoms with Crippen LogP contribution in [0, 0.1) is 0 Å². The summed E-state index contributed by atoms with van der Waals surface area (Å²) in [7, 11) is 0. The van der Waals surface area contributed by atoms with Crippen molar-refractivity contribution in [1.29, 1.82) is 0 Å². The van der Waals surface area contributed by atoms with E-state index in [0.717, 1.165) is 122 Å². The van der Waals surface area contributed by atoms with E-state index in [1.54, 1.807) is 0 Å². The minimum absolute atomic E-state index is 0.0814. The van der Waals surface area contributed by atoms with E-state index in [2.05, 4.69) is 118 Å². The van der Waals surface area contributed by atoms with Crippen molar-refractivity contribution in [2.24, 2.45) is 0 Å². The minimum Gasteiger partial charge on any atom is -0.462 e. The van der Waals surface area contributed by atoms with E-state index in [1.165, 1.54) is 173 Å². The molecule has 0 aliphatic rings. The fourth-order valence-corrected chi connectivity index (χ4v) is 9.78. The third-order valence-electron chi connectivity index (χ3n) is 14.8. The van der Waals surface area contributed by atoms with E-state index in [1.807, 2.05) is 0 Å². The van der Waals surface area contributed by atoms with Crippen molar-refractivity contribution in [2.45, 2.75) is 341 Å². The summed E-state index contributed by atoms with van der Waals surface area (Å²) in [6.07, 6.45) is 91.3. The van der Waals surface area contributed by atoms with Gasteiger partial charge in [0.2, 0.25) is 0 Å². The predicted octanol–water partition coefficient (Wildman–Crippen LogP) is 23.6. The van der Waals surface area contributed by atoms with E-state index in [0.29, 0.717) is 19.3 Å². The van der Waals surface area contributed by atoms with Gasteiger partial charge in [0.15, 0.2) is 6.10 Å². The molecule has 0 saturated heterocycles. The Kier molecular flexibility index (Phi) is 64.7. The minimum atomic E-state index is -0.785. The van der Waals surface area contributed by atoms with Crippen LogP contribution in [0.1, 0.15) is 335 Å². The van der Waals surface area contributed by atoms with Crippen LogP contribution in [0.15, 0.2) is 97.2 Å². The maximum absolute atomic E-state index is 13.0. The number of hydrogen-bond donors (Lipinski definition) is 0. The Balaban J connectivity index is 4.36. The molecule has 0 radical (unpaired) electrons. The highest BCUT2D eigenvalue weighted by Crippen LogP contribution is 2.17. The van der Waals surface area contributed by atoms with Gasteiger partial charge in [-0.15, -0.1) is 0 Å². The van der Waals surface area contributed by atoms with Crippen LogP contribution >= 0.6 is 0 Å². The Morgan fingerprint density at radius 1 is 0.263 bits per heavy atom. The number of rotatable bonds is 62. The quantitative estimate of drug-likeness (QED) is 0.0261. The van der Waals surface area contributed by atoms with Gasteiger partial charge >= 0.3 is 17.9 Å². The molecule has 0 N–H and O–H groups in total. The van der Waals surface area contributed by atoms with Gasteiger partial charge in [0.25, 0.3) is 0 Å². The lowest BCUT2D eigenvalue weighted by molar-refractivity contribution is -0.167. The van der Waals surface area contributed by atoms with Gasteiger partial charge in [0.1, 0.15) is 13.2 Å². The van der Waals surface area contributed by atoms with Crippen molar-refractivity contribution in [1.82, 2.24) is 0 Å². The summed E-state index contributed by atoms with van der Waals surface area (Å²) in [6.45, 7) is 6.45. The Labute approximate surface area is 496 Å². The van der Waals surface area contributed by atoms with Crippen molar-refractivity contribution in [2.75, 3.05) is 13.2 Å². The second kappa shape index (κ2) is 67.8. The molecule has 0 aromatic heterocycles. The highest BCUT2D eigenvalue weighted by molar-refractivity contribution is 5.71.